The van der Waals surface area contributed by atoms with Crippen molar-refractivity contribution in [3.63, 3.8) is 0 Å². The molecule has 0 saturated carbocycles. The molecule has 4 N–H and O–H groups in total. The van der Waals surface area contributed by atoms with Gasteiger partial charge in [0.15, 0.2) is 0 Å². The van der Waals surface area contributed by atoms with Gasteiger partial charge in [0.2, 0.25) is 10.0 Å². The molecule has 0 heterocycles. The van der Waals surface area contributed by atoms with Crippen molar-refractivity contribution in [1.29, 1.82) is 0 Å². The van der Waals surface area contributed by atoms with Gasteiger partial charge in [0.25, 0.3) is 0 Å². The molecule has 1 unspecified atom stereocenters. The van der Waals surface area contributed by atoms with Crippen LogP contribution in [0.25, 0.3) is 0 Å². The number of aliphatic hydroxyl groups excluding tert-OH is 1. The van der Waals surface area contributed by atoms with Crippen LogP contribution in [0.2, 0.25) is 0 Å². The van der Waals surface area contributed by atoms with Crippen LogP contribution in [0.5, 0.6) is 0 Å². The average Bonchev–Trinajstić information content (AvgIpc) is 2.01. The van der Waals surface area contributed by atoms with E-state index in [4.69, 9.17) is 10.2 Å². The molecule has 0 spiro atoms. The standard InChI is InChI=1S/C7H18N2O3S/c1-2-7(3-5-10)9-4-6-13(8,11)12/h7,9-10H,2-6H2,1H3,(H2,8,11,12). The summed E-state index contributed by atoms with van der Waals surface area (Å²) in [6, 6.07) is 0.173. The molecule has 0 bridgehead atoms. The molecular weight excluding hydrogens is 192 g/mol. The van der Waals surface area contributed by atoms with E-state index in [0.717, 1.165) is 6.42 Å². The highest BCUT2D eigenvalue weighted by molar-refractivity contribution is 7.89. The Morgan fingerprint density at radius 3 is 2.54 bits per heavy atom. The van der Waals surface area contributed by atoms with E-state index in [1.807, 2.05) is 6.92 Å². The number of hydrogen-bond donors (Lipinski definition) is 3. The number of sulfonamides is 1. The SMILES string of the molecule is CCC(CCO)NCCS(N)(=O)=O. The maximum absolute atomic E-state index is 10.5. The van der Waals surface area contributed by atoms with Gasteiger partial charge in [-0.25, -0.2) is 13.6 Å². The van der Waals surface area contributed by atoms with E-state index in [1.165, 1.54) is 0 Å². The highest BCUT2D eigenvalue weighted by Gasteiger charge is 2.06. The van der Waals surface area contributed by atoms with Gasteiger partial charge in [-0.2, -0.15) is 0 Å². The summed E-state index contributed by atoms with van der Waals surface area (Å²) in [5.74, 6) is -0.0606. The van der Waals surface area contributed by atoms with E-state index < -0.39 is 10.0 Å². The van der Waals surface area contributed by atoms with Crippen LogP contribution < -0.4 is 10.5 Å². The van der Waals surface area contributed by atoms with E-state index in [2.05, 4.69) is 5.32 Å². The quantitative estimate of drug-likeness (QED) is 0.504. The van der Waals surface area contributed by atoms with E-state index in [-0.39, 0.29) is 18.4 Å². The van der Waals surface area contributed by atoms with Crippen molar-refractivity contribution in [3.8, 4) is 0 Å². The lowest BCUT2D eigenvalue weighted by Gasteiger charge is -2.14. The van der Waals surface area contributed by atoms with E-state index in [9.17, 15) is 8.42 Å². The highest BCUT2D eigenvalue weighted by atomic mass is 32.2. The third-order valence-electron chi connectivity index (χ3n) is 1.79. The van der Waals surface area contributed by atoms with Crippen molar-refractivity contribution in [2.75, 3.05) is 18.9 Å². The van der Waals surface area contributed by atoms with E-state index >= 15 is 0 Å². The first kappa shape index (κ1) is 12.8. The van der Waals surface area contributed by atoms with Crippen molar-refractivity contribution in [1.82, 2.24) is 5.32 Å². The first-order valence-electron chi connectivity index (χ1n) is 4.34. The van der Waals surface area contributed by atoms with Crippen LogP contribution in [0.4, 0.5) is 0 Å². The molecule has 0 radical (unpaired) electrons. The number of nitrogens with two attached hydrogens (primary N) is 1. The minimum Gasteiger partial charge on any atom is -0.396 e. The molecule has 0 fully saturated rings. The monoisotopic (exact) mass is 210 g/mol. The minimum absolute atomic E-state index is 0.0606. The van der Waals surface area contributed by atoms with Gasteiger partial charge in [0, 0.05) is 19.2 Å². The number of nitrogens with one attached hydrogen (secondary N) is 1. The first-order valence-corrected chi connectivity index (χ1v) is 6.06. The fourth-order valence-corrected chi connectivity index (χ4v) is 1.41. The minimum atomic E-state index is -3.37. The lowest BCUT2D eigenvalue weighted by Crippen LogP contribution is -2.34. The predicted molar refractivity (Wildman–Crippen MR) is 51.8 cm³/mol. The molecule has 0 aliphatic heterocycles. The van der Waals surface area contributed by atoms with Gasteiger partial charge in [-0.15, -0.1) is 0 Å². The molecule has 0 aliphatic carbocycles. The normalized spacial score (nSPS) is 14.4. The molecule has 1 atom stereocenters. The molecule has 0 rings (SSSR count). The molecule has 6 heteroatoms. The second kappa shape index (κ2) is 6.31. The summed E-state index contributed by atoms with van der Waals surface area (Å²) in [7, 11) is -3.37. The lowest BCUT2D eigenvalue weighted by atomic mass is 10.1. The molecule has 0 saturated heterocycles. The van der Waals surface area contributed by atoms with Crippen molar-refractivity contribution in [3.05, 3.63) is 0 Å². The van der Waals surface area contributed by atoms with Crippen LogP contribution in [-0.2, 0) is 10.0 Å². The summed E-state index contributed by atoms with van der Waals surface area (Å²) in [6.07, 6.45) is 1.51. The summed E-state index contributed by atoms with van der Waals surface area (Å²) < 4.78 is 21.1. The Hall–Kier alpha value is -0.170. The van der Waals surface area contributed by atoms with Crippen molar-refractivity contribution in [2.24, 2.45) is 5.14 Å². The summed E-state index contributed by atoms with van der Waals surface area (Å²) in [4.78, 5) is 0. The fourth-order valence-electron chi connectivity index (χ4n) is 1.01. The topological polar surface area (TPSA) is 92.4 Å². The van der Waals surface area contributed by atoms with Crippen LogP contribution in [-0.4, -0.2) is 38.5 Å². The number of primary sulfonamides is 1. The van der Waals surface area contributed by atoms with Crippen LogP contribution in [0.15, 0.2) is 0 Å². The maximum Gasteiger partial charge on any atom is 0.210 e. The predicted octanol–water partition coefficient (Wildman–Crippen LogP) is -0.974. The van der Waals surface area contributed by atoms with Crippen LogP contribution >= 0.6 is 0 Å². The van der Waals surface area contributed by atoms with Gasteiger partial charge >= 0.3 is 0 Å². The van der Waals surface area contributed by atoms with Crippen molar-refractivity contribution >= 4 is 10.0 Å². The highest BCUT2D eigenvalue weighted by Crippen LogP contribution is 1.95. The van der Waals surface area contributed by atoms with Gasteiger partial charge in [-0.3, -0.25) is 0 Å². The van der Waals surface area contributed by atoms with E-state index in [0.29, 0.717) is 13.0 Å². The Morgan fingerprint density at radius 2 is 2.15 bits per heavy atom. The summed E-state index contributed by atoms with van der Waals surface area (Å²) in [6.45, 7) is 2.43. The van der Waals surface area contributed by atoms with E-state index in [1.54, 1.807) is 0 Å². The zero-order chi connectivity index (χ0) is 10.3. The Labute approximate surface area is 79.4 Å². The Balaban J connectivity index is 3.61. The molecule has 13 heavy (non-hydrogen) atoms. The lowest BCUT2D eigenvalue weighted by molar-refractivity contribution is 0.263. The second-order valence-corrected chi connectivity index (χ2v) is 4.67. The van der Waals surface area contributed by atoms with Gasteiger partial charge < -0.3 is 10.4 Å². The molecule has 5 nitrogen and oxygen atoms in total. The third kappa shape index (κ3) is 8.17. The zero-order valence-electron chi connectivity index (χ0n) is 7.86. The smallest absolute Gasteiger partial charge is 0.210 e. The summed E-state index contributed by atoms with van der Waals surface area (Å²) in [5.41, 5.74) is 0. The Morgan fingerprint density at radius 1 is 1.54 bits per heavy atom. The number of rotatable bonds is 7. The molecule has 0 amide bonds. The fraction of sp³-hybridized carbons (Fsp3) is 1.00. The summed E-state index contributed by atoms with van der Waals surface area (Å²) >= 11 is 0. The Bertz CT molecular complexity index is 216. The van der Waals surface area contributed by atoms with Gasteiger partial charge in [0.1, 0.15) is 0 Å². The average molecular weight is 210 g/mol. The van der Waals surface area contributed by atoms with Crippen LogP contribution in [0.1, 0.15) is 19.8 Å². The maximum atomic E-state index is 10.5. The van der Waals surface area contributed by atoms with Gasteiger partial charge in [-0.1, -0.05) is 6.92 Å². The molecule has 0 aromatic rings. The second-order valence-electron chi connectivity index (χ2n) is 2.94. The van der Waals surface area contributed by atoms with Gasteiger partial charge in [-0.05, 0) is 12.8 Å². The molecule has 0 aromatic carbocycles. The molecule has 0 aromatic heterocycles. The van der Waals surface area contributed by atoms with Crippen LogP contribution in [0, 0.1) is 0 Å². The molecular formula is C7H18N2O3S. The van der Waals surface area contributed by atoms with Crippen molar-refractivity contribution < 1.29 is 13.5 Å². The molecule has 80 valence electrons. The number of aliphatic hydroxyl groups is 1. The van der Waals surface area contributed by atoms with Crippen molar-refractivity contribution in [2.45, 2.75) is 25.8 Å². The molecule has 0 aliphatic rings. The zero-order valence-corrected chi connectivity index (χ0v) is 8.68. The summed E-state index contributed by atoms with van der Waals surface area (Å²) in [5, 5.41) is 16.5. The number of hydrogen-bond acceptors (Lipinski definition) is 4. The Kier molecular flexibility index (Phi) is 6.23. The third-order valence-corrected chi connectivity index (χ3v) is 2.56. The first-order chi connectivity index (χ1) is 5.99. The van der Waals surface area contributed by atoms with Gasteiger partial charge in [0.05, 0.1) is 5.75 Å². The largest absolute Gasteiger partial charge is 0.396 e. The van der Waals surface area contributed by atoms with Crippen LogP contribution in [0.3, 0.4) is 0 Å².